The number of furan rings is 1. The molecule has 0 radical (unpaired) electrons. The number of aliphatic hydroxyl groups excluding tert-OH is 1. The van der Waals surface area contributed by atoms with Gasteiger partial charge < -0.3 is 18.9 Å². The maximum absolute atomic E-state index is 12.2. The maximum atomic E-state index is 12.2. The van der Waals surface area contributed by atoms with Crippen molar-refractivity contribution in [2.75, 3.05) is 13.1 Å². The number of carbonyl (C=O) groups is 1. The van der Waals surface area contributed by atoms with E-state index in [2.05, 4.69) is 10.1 Å². The Morgan fingerprint density at radius 3 is 3.14 bits per heavy atom. The number of piperidine rings is 1. The summed E-state index contributed by atoms with van der Waals surface area (Å²) in [6.45, 7) is 3.10. The fraction of sp³-hybridized carbons (Fsp3) is 0.533. The molecule has 0 aliphatic carbocycles. The quantitative estimate of drug-likeness (QED) is 0.920. The molecule has 1 aliphatic heterocycles. The van der Waals surface area contributed by atoms with Crippen molar-refractivity contribution in [3.05, 3.63) is 24.3 Å². The van der Waals surface area contributed by atoms with Crippen molar-refractivity contribution in [2.24, 2.45) is 5.92 Å². The second-order valence-electron chi connectivity index (χ2n) is 5.66. The first-order chi connectivity index (χ1) is 10.6. The number of β-amino-alcohol motifs (C(OH)–C–C–N with tert-alkyl or cyclic N) is 1. The molecule has 2 aromatic heterocycles. The van der Waals surface area contributed by atoms with Crippen LogP contribution < -0.4 is 0 Å². The third-order valence-corrected chi connectivity index (χ3v) is 4.03. The number of carbonyl (C=O) groups excluding carboxylic acids is 1. The Bertz CT molecular complexity index is 623. The van der Waals surface area contributed by atoms with Gasteiger partial charge in [0, 0.05) is 25.9 Å². The van der Waals surface area contributed by atoms with Gasteiger partial charge in [-0.05, 0) is 24.5 Å². The number of rotatable bonds is 4. The molecule has 3 rings (SSSR count). The predicted molar refractivity (Wildman–Crippen MR) is 76.7 cm³/mol. The van der Waals surface area contributed by atoms with Gasteiger partial charge in [-0.15, -0.1) is 0 Å². The zero-order valence-electron chi connectivity index (χ0n) is 12.4. The molecule has 0 spiro atoms. The Labute approximate surface area is 127 Å². The lowest BCUT2D eigenvalue weighted by Gasteiger charge is -2.34. The van der Waals surface area contributed by atoms with Crippen LogP contribution in [-0.4, -0.2) is 45.2 Å². The number of amides is 1. The van der Waals surface area contributed by atoms with Gasteiger partial charge in [-0.1, -0.05) is 12.1 Å². The molecule has 1 amide bonds. The summed E-state index contributed by atoms with van der Waals surface area (Å²) in [6, 6.07) is 3.49. The zero-order valence-corrected chi connectivity index (χ0v) is 12.4. The topological polar surface area (TPSA) is 92.6 Å². The van der Waals surface area contributed by atoms with Crippen LogP contribution in [0.2, 0.25) is 0 Å². The molecule has 1 aliphatic rings. The van der Waals surface area contributed by atoms with Crippen molar-refractivity contribution in [1.82, 2.24) is 15.0 Å². The second kappa shape index (κ2) is 6.31. The van der Waals surface area contributed by atoms with Gasteiger partial charge in [0.25, 0.3) is 0 Å². The normalized spacial score (nSPS) is 22.0. The largest absolute Gasteiger partial charge is 0.461 e. The second-order valence-corrected chi connectivity index (χ2v) is 5.66. The van der Waals surface area contributed by atoms with Crippen LogP contribution in [0, 0.1) is 5.92 Å². The maximum Gasteiger partial charge on any atom is 0.238 e. The van der Waals surface area contributed by atoms with Crippen LogP contribution in [0.4, 0.5) is 0 Å². The molecule has 0 bridgehead atoms. The van der Waals surface area contributed by atoms with E-state index in [-0.39, 0.29) is 11.8 Å². The molecular weight excluding hydrogens is 286 g/mol. The molecule has 3 heterocycles. The molecular formula is C15H19N3O4. The van der Waals surface area contributed by atoms with Gasteiger partial charge in [0.2, 0.25) is 17.6 Å². The van der Waals surface area contributed by atoms with Gasteiger partial charge in [-0.25, -0.2) is 0 Å². The summed E-state index contributed by atoms with van der Waals surface area (Å²) < 4.78 is 10.3. The van der Waals surface area contributed by atoms with Crippen LogP contribution in [0.15, 0.2) is 27.3 Å². The Hall–Kier alpha value is -2.15. The molecule has 7 nitrogen and oxygen atoms in total. The van der Waals surface area contributed by atoms with Crippen LogP contribution in [0.25, 0.3) is 11.6 Å². The first kappa shape index (κ1) is 14.8. The van der Waals surface area contributed by atoms with Gasteiger partial charge in [-0.3, -0.25) is 4.79 Å². The van der Waals surface area contributed by atoms with E-state index in [1.54, 1.807) is 17.0 Å². The van der Waals surface area contributed by atoms with E-state index in [1.807, 2.05) is 6.92 Å². The van der Waals surface area contributed by atoms with E-state index in [0.717, 1.165) is 6.42 Å². The van der Waals surface area contributed by atoms with E-state index < -0.39 is 6.10 Å². The number of hydrogen-bond acceptors (Lipinski definition) is 6. The fourth-order valence-electron chi connectivity index (χ4n) is 2.51. The number of aryl methyl sites for hydroxylation is 1. The average Bonchev–Trinajstić information content (AvgIpc) is 3.18. The third-order valence-electron chi connectivity index (χ3n) is 4.03. The fourth-order valence-corrected chi connectivity index (χ4v) is 2.51. The van der Waals surface area contributed by atoms with Crippen LogP contribution >= 0.6 is 0 Å². The lowest BCUT2D eigenvalue weighted by Crippen LogP contribution is -2.45. The molecule has 22 heavy (non-hydrogen) atoms. The van der Waals surface area contributed by atoms with E-state index in [0.29, 0.717) is 43.4 Å². The summed E-state index contributed by atoms with van der Waals surface area (Å²) >= 11 is 0. The first-order valence-electron chi connectivity index (χ1n) is 7.46. The number of hydrogen-bond donors (Lipinski definition) is 1. The highest BCUT2D eigenvalue weighted by molar-refractivity contribution is 5.76. The molecule has 2 unspecified atom stereocenters. The van der Waals surface area contributed by atoms with Crippen molar-refractivity contribution in [2.45, 2.75) is 32.3 Å². The van der Waals surface area contributed by atoms with Gasteiger partial charge >= 0.3 is 0 Å². The number of aliphatic hydroxyl groups is 1. The lowest BCUT2D eigenvalue weighted by atomic mass is 9.96. The van der Waals surface area contributed by atoms with Crippen molar-refractivity contribution in [1.29, 1.82) is 0 Å². The Balaban J connectivity index is 1.53. The zero-order chi connectivity index (χ0) is 15.5. The monoisotopic (exact) mass is 305 g/mol. The van der Waals surface area contributed by atoms with Crippen LogP contribution in [0.1, 0.15) is 25.7 Å². The number of likely N-dealkylation sites (tertiary alicyclic amines) is 1. The molecule has 7 heteroatoms. The van der Waals surface area contributed by atoms with Crippen molar-refractivity contribution >= 4 is 5.91 Å². The summed E-state index contributed by atoms with van der Waals surface area (Å²) in [7, 11) is 0. The molecule has 0 aromatic carbocycles. The summed E-state index contributed by atoms with van der Waals surface area (Å²) in [5.74, 6) is 1.58. The summed E-state index contributed by atoms with van der Waals surface area (Å²) in [4.78, 5) is 18.1. The lowest BCUT2D eigenvalue weighted by molar-refractivity contribution is -0.135. The van der Waals surface area contributed by atoms with Gasteiger partial charge in [0.05, 0.1) is 12.4 Å². The standard InChI is InChI=1S/C15H19N3O4/c1-10-6-7-18(9-11(10)19)14(20)5-4-13-16-15(17-22-13)12-3-2-8-21-12/h2-3,8,10-11,19H,4-7,9H2,1H3. The van der Waals surface area contributed by atoms with Crippen LogP contribution in [0.3, 0.4) is 0 Å². The molecule has 2 atom stereocenters. The van der Waals surface area contributed by atoms with Crippen molar-refractivity contribution in [3.63, 3.8) is 0 Å². The highest BCUT2D eigenvalue weighted by atomic mass is 16.5. The summed E-state index contributed by atoms with van der Waals surface area (Å²) in [6.07, 6.45) is 2.61. The van der Waals surface area contributed by atoms with Gasteiger partial charge in [0.1, 0.15) is 0 Å². The molecule has 0 saturated carbocycles. The minimum absolute atomic E-state index is 0.00342. The average molecular weight is 305 g/mol. The first-order valence-corrected chi connectivity index (χ1v) is 7.46. The number of nitrogens with zero attached hydrogens (tertiary/aromatic N) is 3. The van der Waals surface area contributed by atoms with Gasteiger partial charge in [-0.2, -0.15) is 4.98 Å². The molecule has 1 fully saturated rings. The highest BCUT2D eigenvalue weighted by Gasteiger charge is 2.27. The Morgan fingerprint density at radius 1 is 1.55 bits per heavy atom. The summed E-state index contributed by atoms with van der Waals surface area (Å²) in [5, 5.41) is 13.7. The van der Waals surface area contributed by atoms with E-state index in [1.165, 1.54) is 6.26 Å². The van der Waals surface area contributed by atoms with E-state index in [9.17, 15) is 9.90 Å². The number of aromatic nitrogens is 2. The Kier molecular flexibility index (Phi) is 4.24. The third kappa shape index (κ3) is 3.19. The Morgan fingerprint density at radius 2 is 2.41 bits per heavy atom. The van der Waals surface area contributed by atoms with Crippen molar-refractivity contribution in [3.8, 4) is 11.6 Å². The van der Waals surface area contributed by atoms with Crippen LogP contribution in [0.5, 0.6) is 0 Å². The van der Waals surface area contributed by atoms with Crippen molar-refractivity contribution < 1.29 is 18.8 Å². The summed E-state index contributed by atoms with van der Waals surface area (Å²) in [5.41, 5.74) is 0. The minimum Gasteiger partial charge on any atom is -0.461 e. The highest BCUT2D eigenvalue weighted by Crippen LogP contribution is 2.19. The molecule has 2 aromatic rings. The smallest absolute Gasteiger partial charge is 0.238 e. The van der Waals surface area contributed by atoms with Gasteiger partial charge in [0.15, 0.2) is 5.76 Å². The SMILES string of the molecule is CC1CCN(C(=O)CCc2nc(-c3ccco3)no2)CC1O. The molecule has 118 valence electrons. The van der Waals surface area contributed by atoms with Crippen LogP contribution in [-0.2, 0) is 11.2 Å². The predicted octanol–water partition coefficient (Wildman–Crippen LogP) is 1.49. The van der Waals surface area contributed by atoms with E-state index >= 15 is 0 Å². The minimum atomic E-state index is -0.438. The van der Waals surface area contributed by atoms with E-state index in [4.69, 9.17) is 8.94 Å². The molecule has 1 N–H and O–H groups in total. The molecule has 1 saturated heterocycles.